The van der Waals surface area contributed by atoms with E-state index in [2.05, 4.69) is 41.2 Å². The number of hydrogen-bond donors (Lipinski definition) is 1. The minimum atomic E-state index is 0.226. The van der Waals surface area contributed by atoms with Gasteiger partial charge in [0.05, 0.1) is 12.8 Å². The van der Waals surface area contributed by atoms with Crippen LogP contribution in [0.25, 0.3) is 11.3 Å². The van der Waals surface area contributed by atoms with Gasteiger partial charge in [-0.3, -0.25) is 0 Å². The van der Waals surface area contributed by atoms with Crippen molar-refractivity contribution >= 4 is 5.95 Å². The Morgan fingerprint density at radius 3 is 2.53 bits per heavy atom. The van der Waals surface area contributed by atoms with Crippen molar-refractivity contribution in [2.45, 2.75) is 26.2 Å². The van der Waals surface area contributed by atoms with Crippen LogP contribution < -0.4 is 10.5 Å². The molecule has 0 aliphatic heterocycles. The summed E-state index contributed by atoms with van der Waals surface area (Å²) in [5.74, 6) is 0.710. The number of unbranched alkanes of at least 4 members (excludes halogenated alkanes) is 1. The molecule has 1 aromatic heterocycles. The second kappa shape index (κ2) is 6.18. The summed E-state index contributed by atoms with van der Waals surface area (Å²) >= 11 is 0. The molecule has 0 bridgehead atoms. The van der Waals surface area contributed by atoms with E-state index in [0.717, 1.165) is 17.7 Å². The zero-order valence-corrected chi connectivity index (χ0v) is 11.4. The number of rotatable bonds is 5. The molecule has 100 valence electrons. The van der Waals surface area contributed by atoms with Crippen molar-refractivity contribution in [1.82, 2.24) is 9.97 Å². The molecule has 2 aromatic rings. The Hall–Kier alpha value is -2.10. The van der Waals surface area contributed by atoms with E-state index < -0.39 is 0 Å². The second-order valence-corrected chi connectivity index (χ2v) is 4.45. The van der Waals surface area contributed by atoms with E-state index in [1.54, 1.807) is 13.2 Å². The quantitative estimate of drug-likeness (QED) is 0.894. The highest BCUT2D eigenvalue weighted by Crippen LogP contribution is 2.22. The SMILES string of the molecule is CCCCc1ccc(-c2cc(OC)nc(N)n2)cc1. The molecule has 0 saturated heterocycles. The predicted molar refractivity (Wildman–Crippen MR) is 77.0 cm³/mol. The van der Waals surface area contributed by atoms with Gasteiger partial charge in [-0.2, -0.15) is 4.98 Å². The summed E-state index contributed by atoms with van der Waals surface area (Å²) in [7, 11) is 1.57. The first-order valence-corrected chi connectivity index (χ1v) is 6.50. The summed E-state index contributed by atoms with van der Waals surface area (Å²) in [6.07, 6.45) is 3.54. The molecule has 4 heteroatoms. The van der Waals surface area contributed by atoms with E-state index in [4.69, 9.17) is 10.5 Å². The molecule has 0 radical (unpaired) electrons. The maximum Gasteiger partial charge on any atom is 0.223 e. The number of nitrogens with two attached hydrogens (primary N) is 1. The summed E-state index contributed by atoms with van der Waals surface area (Å²) < 4.78 is 5.10. The van der Waals surface area contributed by atoms with Crippen LogP contribution in [-0.2, 0) is 6.42 Å². The maximum atomic E-state index is 5.67. The van der Waals surface area contributed by atoms with E-state index in [1.165, 1.54) is 18.4 Å². The fourth-order valence-electron chi connectivity index (χ4n) is 1.92. The lowest BCUT2D eigenvalue weighted by atomic mass is 10.0. The van der Waals surface area contributed by atoms with E-state index in [0.29, 0.717) is 5.88 Å². The van der Waals surface area contributed by atoms with E-state index in [1.807, 2.05) is 0 Å². The number of anilines is 1. The fourth-order valence-corrected chi connectivity index (χ4v) is 1.92. The summed E-state index contributed by atoms with van der Waals surface area (Å²) in [4.78, 5) is 8.21. The van der Waals surface area contributed by atoms with Gasteiger partial charge in [0.2, 0.25) is 11.8 Å². The predicted octanol–water partition coefficient (Wildman–Crippen LogP) is 3.08. The lowest BCUT2D eigenvalue weighted by Crippen LogP contribution is -1.99. The van der Waals surface area contributed by atoms with Crippen LogP contribution in [0.2, 0.25) is 0 Å². The van der Waals surface area contributed by atoms with Gasteiger partial charge >= 0.3 is 0 Å². The van der Waals surface area contributed by atoms with Crippen molar-refractivity contribution in [1.29, 1.82) is 0 Å². The van der Waals surface area contributed by atoms with Crippen LogP contribution in [0.15, 0.2) is 30.3 Å². The Bertz CT molecular complexity index is 538. The molecule has 0 amide bonds. The monoisotopic (exact) mass is 257 g/mol. The summed E-state index contributed by atoms with van der Waals surface area (Å²) in [6.45, 7) is 2.20. The molecule has 2 N–H and O–H groups in total. The Morgan fingerprint density at radius 2 is 1.89 bits per heavy atom. The molecule has 19 heavy (non-hydrogen) atoms. The molecule has 0 fully saturated rings. The number of ether oxygens (including phenoxy) is 1. The molecule has 1 heterocycles. The van der Waals surface area contributed by atoms with Gasteiger partial charge in [0.25, 0.3) is 0 Å². The van der Waals surface area contributed by atoms with Gasteiger partial charge in [-0.1, -0.05) is 37.6 Å². The van der Waals surface area contributed by atoms with Crippen LogP contribution in [0.3, 0.4) is 0 Å². The zero-order valence-electron chi connectivity index (χ0n) is 11.4. The van der Waals surface area contributed by atoms with Crippen LogP contribution in [0.4, 0.5) is 5.95 Å². The number of methoxy groups -OCH3 is 1. The van der Waals surface area contributed by atoms with Crippen molar-refractivity contribution in [3.63, 3.8) is 0 Å². The Morgan fingerprint density at radius 1 is 1.16 bits per heavy atom. The molecule has 0 atom stereocenters. The first kappa shape index (κ1) is 13.3. The van der Waals surface area contributed by atoms with Crippen molar-refractivity contribution in [3.05, 3.63) is 35.9 Å². The Labute approximate surface area is 113 Å². The van der Waals surface area contributed by atoms with E-state index >= 15 is 0 Å². The first-order chi connectivity index (χ1) is 9.22. The first-order valence-electron chi connectivity index (χ1n) is 6.50. The van der Waals surface area contributed by atoms with Gasteiger partial charge in [0.1, 0.15) is 0 Å². The highest BCUT2D eigenvalue weighted by Gasteiger charge is 2.05. The largest absolute Gasteiger partial charge is 0.481 e. The maximum absolute atomic E-state index is 5.67. The van der Waals surface area contributed by atoms with Crippen LogP contribution in [-0.4, -0.2) is 17.1 Å². The molecule has 1 aromatic carbocycles. The van der Waals surface area contributed by atoms with Gasteiger partial charge < -0.3 is 10.5 Å². The van der Waals surface area contributed by atoms with Crippen LogP contribution in [0.5, 0.6) is 5.88 Å². The molecule has 0 aliphatic carbocycles. The molecule has 0 aliphatic rings. The van der Waals surface area contributed by atoms with Crippen molar-refractivity contribution in [2.75, 3.05) is 12.8 Å². The Balaban J connectivity index is 2.24. The number of nitrogen functional groups attached to an aromatic ring is 1. The van der Waals surface area contributed by atoms with Gasteiger partial charge in [0, 0.05) is 11.6 Å². The number of aromatic nitrogens is 2. The molecule has 4 nitrogen and oxygen atoms in total. The molecule has 0 saturated carbocycles. The topological polar surface area (TPSA) is 61.0 Å². The van der Waals surface area contributed by atoms with Crippen LogP contribution >= 0.6 is 0 Å². The third kappa shape index (κ3) is 3.44. The lowest BCUT2D eigenvalue weighted by molar-refractivity contribution is 0.398. The summed E-state index contributed by atoms with van der Waals surface area (Å²) in [6, 6.07) is 10.2. The van der Waals surface area contributed by atoms with Crippen molar-refractivity contribution in [3.8, 4) is 17.1 Å². The third-order valence-electron chi connectivity index (χ3n) is 3.00. The highest BCUT2D eigenvalue weighted by atomic mass is 16.5. The van der Waals surface area contributed by atoms with Gasteiger partial charge in [-0.25, -0.2) is 4.98 Å². The van der Waals surface area contributed by atoms with E-state index in [-0.39, 0.29) is 5.95 Å². The highest BCUT2D eigenvalue weighted by molar-refractivity contribution is 5.61. The van der Waals surface area contributed by atoms with Crippen LogP contribution in [0, 0.1) is 0 Å². The minimum absolute atomic E-state index is 0.226. The van der Waals surface area contributed by atoms with Crippen LogP contribution in [0.1, 0.15) is 25.3 Å². The smallest absolute Gasteiger partial charge is 0.223 e. The van der Waals surface area contributed by atoms with E-state index in [9.17, 15) is 0 Å². The molecular formula is C15H19N3O. The normalized spacial score (nSPS) is 10.4. The molecular weight excluding hydrogens is 238 g/mol. The molecule has 0 unspecified atom stereocenters. The second-order valence-electron chi connectivity index (χ2n) is 4.45. The number of aryl methyl sites for hydroxylation is 1. The zero-order chi connectivity index (χ0) is 13.7. The average Bonchev–Trinajstić information content (AvgIpc) is 2.45. The standard InChI is InChI=1S/C15H19N3O/c1-3-4-5-11-6-8-12(9-7-11)13-10-14(19-2)18-15(16)17-13/h6-10H,3-5H2,1-2H3,(H2,16,17,18). The van der Waals surface area contributed by atoms with Gasteiger partial charge in [0.15, 0.2) is 0 Å². The van der Waals surface area contributed by atoms with Gasteiger partial charge in [-0.15, -0.1) is 0 Å². The van der Waals surface area contributed by atoms with Crippen molar-refractivity contribution < 1.29 is 4.74 Å². The number of nitrogens with zero attached hydrogens (tertiary/aromatic N) is 2. The van der Waals surface area contributed by atoms with Crippen molar-refractivity contribution in [2.24, 2.45) is 0 Å². The lowest BCUT2D eigenvalue weighted by Gasteiger charge is -2.06. The fraction of sp³-hybridized carbons (Fsp3) is 0.333. The number of hydrogen-bond acceptors (Lipinski definition) is 4. The summed E-state index contributed by atoms with van der Waals surface area (Å²) in [5, 5.41) is 0. The van der Waals surface area contributed by atoms with Gasteiger partial charge in [-0.05, 0) is 18.4 Å². The summed E-state index contributed by atoms with van der Waals surface area (Å²) in [5.41, 5.74) is 8.82. The third-order valence-corrected chi connectivity index (χ3v) is 3.00. The molecule has 2 rings (SSSR count). The Kier molecular flexibility index (Phi) is 4.34. The number of benzene rings is 1. The minimum Gasteiger partial charge on any atom is -0.481 e. The average molecular weight is 257 g/mol. The molecule has 0 spiro atoms.